The van der Waals surface area contributed by atoms with Crippen LogP contribution in [0.3, 0.4) is 0 Å². The van der Waals surface area contributed by atoms with Crippen LogP contribution >= 0.6 is 0 Å². The quantitative estimate of drug-likeness (QED) is 0.771. The van der Waals surface area contributed by atoms with E-state index < -0.39 is 18.1 Å². The molecule has 0 unspecified atom stereocenters. The molecule has 1 aromatic rings. The van der Waals surface area contributed by atoms with Crippen LogP contribution in [0, 0.1) is 0 Å². The fraction of sp³-hybridized carbons (Fsp3) is 0.636. The van der Waals surface area contributed by atoms with E-state index in [9.17, 15) is 9.90 Å². The zero-order valence-electron chi connectivity index (χ0n) is 9.73. The molecule has 1 aromatic heterocycles. The molecule has 94 valence electrons. The first-order valence-electron chi connectivity index (χ1n) is 5.75. The van der Waals surface area contributed by atoms with Crippen molar-refractivity contribution in [1.82, 2.24) is 14.5 Å². The Bertz CT molecular complexity index is 379. The third kappa shape index (κ3) is 2.32. The average molecular weight is 239 g/mol. The van der Waals surface area contributed by atoms with E-state index in [1.165, 1.54) is 0 Å². The first-order chi connectivity index (χ1) is 8.13. The number of hydrogen-bond donors (Lipinski definition) is 2. The summed E-state index contributed by atoms with van der Waals surface area (Å²) < 4.78 is 1.83. The van der Waals surface area contributed by atoms with Gasteiger partial charge in [-0.1, -0.05) is 6.92 Å². The number of carbonyl (C=O) groups is 1. The Morgan fingerprint density at radius 2 is 2.35 bits per heavy atom. The number of rotatable bonds is 4. The number of aliphatic hydroxyl groups is 1. The van der Waals surface area contributed by atoms with Crippen molar-refractivity contribution in [3.8, 4) is 0 Å². The van der Waals surface area contributed by atoms with Gasteiger partial charge < -0.3 is 14.8 Å². The van der Waals surface area contributed by atoms with E-state index in [1.807, 2.05) is 16.4 Å². The van der Waals surface area contributed by atoms with Gasteiger partial charge in [0.2, 0.25) is 0 Å². The van der Waals surface area contributed by atoms with E-state index in [1.54, 1.807) is 18.7 Å². The molecule has 0 bridgehead atoms. The number of carboxylic acid groups (broad SMARTS) is 1. The molecule has 0 radical (unpaired) electrons. The minimum absolute atomic E-state index is 0.106. The summed E-state index contributed by atoms with van der Waals surface area (Å²) in [6, 6.07) is -0.621. The molecular weight excluding hydrogens is 222 g/mol. The van der Waals surface area contributed by atoms with Crippen LogP contribution in [0.1, 0.15) is 19.4 Å². The van der Waals surface area contributed by atoms with Gasteiger partial charge in [0, 0.05) is 25.5 Å². The van der Waals surface area contributed by atoms with Gasteiger partial charge in [0.1, 0.15) is 6.04 Å². The van der Waals surface area contributed by atoms with Crippen molar-refractivity contribution < 1.29 is 15.0 Å². The van der Waals surface area contributed by atoms with Crippen molar-refractivity contribution in [2.24, 2.45) is 0 Å². The van der Waals surface area contributed by atoms with Crippen LogP contribution in [0.2, 0.25) is 0 Å². The first-order valence-corrected chi connectivity index (χ1v) is 5.75. The van der Waals surface area contributed by atoms with Crippen LogP contribution in [-0.2, 0) is 4.79 Å². The minimum Gasteiger partial charge on any atom is -0.480 e. The van der Waals surface area contributed by atoms with E-state index in [0.717, 1.165) is 0 Å². The molecule has 2 rings (SSSR count). The maximum atomic E-state index is 11.1. The molecule has 1 fully saturated rings. The second-order valence-corrected chi connectivity index (χ2v) is 4.36. The lowest BCUT2D eigenvalue weighted by molar-refractivity contribution is -0.143. The van der Waals surface area contributed by atoms with Crippen molar-refractivity contribution in [3.05, 3.63) is 18.7 Å². The molecule has 2 N–H and O–H groups in total. The number of likely N-dealkylation sites (tertiary alicyclic amines) is 1. The highest BCUT2D eigenvalue weighted by molar-refractivity contribution is 5.73. The van der Waals surface area contributed by atoms with Crippen LogP contribution in [-0.4, -0.2) is 55.9 Å². The monoisotopic (exact) mass is 239 g/mol. The lowest BCUT2D eigenvalue weighted by Crippen LogP contribution is -2.39. The molecule has 6 heteroatoms. The average Bonchev–Trinajstić information content (AvgIpc) is 2.87. The maximum absolute atomic E-state index is 11.1. The van der Waals surface area contributed by atoms with Crippen molar-refractivity contribution in [2.45, 2.75) is 31.5 Å². The predicted molar refractivity (Wildman–Crippen MR) is 60.6 cm³/mol. The van der Waals surface area contributed by atoms with Gasteiger partial charge in [-0.25, -0.2) is 4.98 Å². The van der Waals surface area contributed by atoms with Crippen LogP contribution in [0.25, 0.3) is 0 Å². The summed E-state index contributed by atoms with van der Waals surface area (Å²) in [5.74, 6) is -0.828. The highest BCUT2D eigenvalue weighted by Crippen LogP contribution is 2.24. The van der Waals surface area contributed by atoms with Gasteiger partial charge in [-0.05, 0) is 6.42 Å². The number of aliphatic carboxylic acids is 1. The first kappa shape index (κ1) is 12.1. The molecule has 2 heterocycles. The molecule has 1 aliphatic heterocycles. The van der Waals surface area contributed by atoms with Gasteiger partial charge in [-0.15, -0.1) is 0 Å². The number of aliphatic hydroxyl groups excluding tert-OH is 1. The smallest absolute Gasteiger partial charge is 0.320 e. The molecule has 6 nitrogen and oxygen atoms in total. The number of β-amino-alcohol motifs (C(OH)–C–C–N with tert-alkyl or cyclic N) is 1. The van der Waals surface area contributed by atoms with Gasteiger partial charge >= 0.3 is 5.97 Å². The molecule has 0 aromatic carbocycles. The third-order valence-corrected chi connectivity index (χ3v) is 3.31. The van der Waals surface area contributed by atoms with Gasteiger partial charge in [0.25, 0.3) is 0 Å². The molecule has 1 saturated heterocycles. The summed E-state index contributed by atoms with van der Waals surface area (Å²) >= 11 is 0. The maximum Gasteiger partial charge on any atom is 0.320 e. The minimum atomic E-state index is -0.828. The van der Waals surface area contributed by atoms with Crippen molar-refractivity contribution in [3.63, 3.8) is 0 Å². The zero-order valence-corrected chi connectivity index (χ0v) is 9.73. The fourth-order valence-electron chi connectivity index (χ4n) is 2.40. The second-order valence-electron chi connectivity index (χ2n) is 4.36. The summed E-state index contributed by atoms with van der Waals surface area (Å²) in [5, 5.41) is 19.1. The summed E-state index contributed by atoms with van der Waals surface area (Å²) in [4.78, 5) is 16.8. The number of nitrogens with zero attached hydrogens (tertiary/aromatic N) is 3. The predicted octanol–water partition coefficient (Wildman–Crippen LogP) is -0.0361. The van der Waals surface area contributed by atoms with Crippen molar-refractivity contribution >= 4 is 5.97 Å². The molecule has 3 atom stereocenters. The van der Waals surface area contributed by atoms with Crippen molar-refractivity contribution in [1.29, 1.82) is 0 Å². The molecule has 17 heavy (non-hydrogen) atoms. The van der Waals surface area contributed by atoms with Crippen LogP contribution < -0.4 is 0 Å². The number of aromatic nitrogens is 2. The van der Waals surface area contributed by atoms with Gasteiger partial charge in [-0.2, -0.15) is 0 Å². The van der Waals surface area contributed by atoms with E-state index in [4.69, 9.17) is 5.11 Å². The lowest BCUT2D eigenvalue weighted by Gasteiger charge is -2.22. The largest absolute Gasteiger partial charge is 0.480 e. The summed E-state index contributed by atoms with van der Waals surface area (Å²) in [5.41, 5.74) is 0. The van der Waals surface area contributed by atoms with E-state index in [-0.39, 0.29) is 6.04 Å². The van der Waals surface area contributed by atoms with Crippen LogP contribution in [0.4, 0.5) is 0 Å². The topological polar surface area (TPSA) is 78.6 Å². The molecule has 0 aliphatic carbocycles. The standard InChI is InChI=1S/C11H17N3O3/c1-2-8(11(16)17)14-5-9(10(15)6-14)13-4-3-12-7-13/h3-4,7-10,15H,2,5-6H2,1H3,(H,16,17)/t8-,9+,10+/m1/s1. The summed E-state index contributed by atoms with van der Waals surface area (Å²) in [6.07, 6.45) is 5.10. The summed E-state index contributed by atoms with van der Waals surface area (Å²) in [6.45, 7) is 2.78. The van der Waals surface area contributed by atoms with Gasteiger partial charge in [-0.3, -0.25) is 9.69 Å². The molecule has 1 aliphatic rings. The fourth-order valence-corrected chi connectivity index (χ4v) is 2.40. The zero-order chi connectivity index (χ0) is 12.4. The molecule has 0 amide bonds. The van der Waals surface area contributed by atoms with E-state index in [2.05, 4.69) is 4.98 Å². The Morgan fingerprint density at radius 3 is 2.88 bits per heavy atom. The molecular formula is C11H17N3O3. The Kier molecular flexibility index (Phi) is 3.44. The normalized spacial score (nSPS) is 27.2. The highest BCUT2D eigenvalue weighted by atomic mass is 16.4. The van der Waals surface area contributed by atoms with E-state index >= 15 is 0 Å². The number of hydrogen-bond acceptors (Lipinski definition) is 4. The number of carboxylic acids is 1. The molecule has 0 saturated carbocycles. The second kappa shape index (κ2) is 4.85. The molecule has 0 spiro atoms. The van der Waals surface area contributed by atoms with Crippen molar-refractivity contribution in [2.75, 3.05) is 13.1 Å². The van der Waals surface area contributed by atoms with Crippen LogP contribution in [0.15, 0.2) is 18.7 Å². The third-order valence-electron chi connectivity index (χ3n) is 3.31. The Hall–Kier alpha value is -1.40. The lowest BCUT2D eigenvalue weighted by atomic mass is 10.2. The number of imidazole rings is 1. The summed E-state index contributed by atoms with van der Waals surface area (Å²) in [7, 11) is 0. The Labute approximate surface area is 99.5 Å². The Balaban J connectivity index is 2.09. The van der Waals surface area contributed by atoms with Crippen LogP contribution in [0.5, 0.6) is 0 Å². The Morgan fingerprint density at radius 1 is 1.59 bits per heavy atom. The van der Waals surface area contributed by atoms with Gasteiger partial charge in [0.15, 0.2) is 0 Å². The van der Waals surface area contributed by atoms with Gasteiger partial charge in [0.05, 0.1) is 18.5 Å². The van der Waals surface area contributed by atoms with E-state index in [0.29, 0.717) is 19.5 Å². The SMILES string of the molecule is CC[C@H](C(=O)O)N1C[C@H](O)[C@@H](n2ccnc2)C1. The highest BCUT2D eigenvalue weighted by Gasteiger charge is 2.37.